The molecule has 2 heteroatoms. The quantitative estimate of drug-likeness (QED) is 0.131. The highest BCUT2D eigenvalue weighted by atomic mass is 31.2. The molecule has 0 bridgehead atoms. The summed E-state index contributed by atoms with van der Waals surface area (Å²) in [6, 6.07) is 66.8. The van der Waals surface area contributed by atoms with Crippen molar-refractivity contribution in [1.82, 2.24) is 0 Å². The molecule has 0 spiro atoms. The lowest BCUT2D eigenvalue weighted by atomic mass is 9.90. The van der Waals surface area contributed by atoms with Crippen LogP contribution in [0.2, 0.25) is 0 Å². The highest BCUT2D eigenvalue weighted by Crippen LogP contribution is 2.50. The van der Waals surface area contributed by atoms with Crippen molar-refractivity contribution < 1.29 is 4.57 Å². The third kappa shape index (κ3) is 4.09. The van der Waals surface area contributed by atoms with Crippen LogP contribution >= 0.6 is 7.14 Å². The Kier molecular flexibility index (Phi) is 6.30. The Morgan fingerprint density at radius 2 is 0.615 bits per heavy atom. The van der Waals surface area contributed by atoms with Gasteiger partial charge in [-0.25, -0.2) is 0 Å². The molecular formula is C50H31OP. The van der Waals surface area contributed by atoms with Crippen LogP contribution in [0.3, 0.4) is 0 Å². The third-order valence-corrected chi connectivity index (χ3v) is 14.4. The van der Waals surface area contributed by atoms with Gasteiger partial charge in [0.2, 0.25) is 0 Å². The van der Waals surface area contributed by atoms with E-state index in [2.05, 4.69) is 170 Å². The first-order valence-corrected chi connectivity index (χ1v) is 19.6. The SMILES string of the molecule is O=P(c1ccccc1)(c1ccc2ccc3c(-c4ccccc4)ccc4ccc1c2c43)c1ccc2ccc3c(-c4ccccc4)ccc4ccc1c2c43. The molecule has 0 saturated heterocycles. The Labute approximate surface area is 301 Å². The number of benzene rings is 11. The van der Waals surface area contributed by atoms with Crippen LogP contribution in [0.1, 0.15) is 0 Å². The van der Waals surface area contributed by atoms with E-state index in [1.807, 2.05) is 18.2 Å². The fraction of sp³-hybridized carbons (Fsp3) is 0. The Morgan fingerprint density at radius 1 is 0.288 bits per heavy atom. The normalized spacial score (nSPS) is 12.3. The van der Waals surface area contributed by atoms with Crippen molar-refractivity contribution in [3.05, 3.63) is 188 Å². The lowest BCUT2D eigenvalue weighted by Gasteiger charge is -2.25. The van der Waals surface area contributed by atoms with Crippen molar-refractivity contribution in [1.29, 1.82) is 0 Å². The van der Waals surface area contributed by atoms with Crippen LogP contribution in [-0.4, -0.2) is 0 Å². The molecule has 0 fully saturated rings. The molecular weight excluding hydrogens is 648 g/mol. The molecule has 0 aromatic heterocycles. The standard InChI is InChI=1S/C50H31OP/c51-52(38-14-8-3-9-15-38,45-30-22-36-18-26-41-39(32-10-4-1-5-11-32)24-16-34-20-28-43(45)49(36)47(34)41)46-31-23-37-19-27-42-40(33-12-6-2-7-13-33)25-17-35-21-29-44(46)50(37)48(35)42/h1-31H. The van der Waals surface area contributed by atoms with Crippen LogP contribution in [0.25, 0.3) is 86.9 Å². The smallest absolute Gasteiger partial charge is 0.172 e. The monoisotopic (exact) mass is 678 g/mol. The van der Waals surface area contributed by atoms with Gasteiger partial charge in [0.15, 0.2) is 7.14 Å². The van der Waals surface area contributed by atoms with Crippen LogP contribution in [0.4, 0.5) is 0 Å². The van der Waals surface area contributed by atoms with E-state index in [0.29, 0.717) is 0 Å². The topological polar surface area (TPSA) is 17.1 Å². The second kappa shape index (κ2) is 11.1. The van der Waals surface area contributed by atoms with E-state index in [1.165, 1.54) is 65.3 Å². The van der Waals surface area contributed by atoms with Gasteiger partial charge in [-0.05, 0) is 99.0 Å². The molecule has 0 aliphatic heterocycles. The minimum Gasteiger partial charge on any atom is -0.309 e. The Morgan fingerprint density at radius 3 is 1.04 bits per heavy atom. The molecule has 1 nitrogen and oxygen atoms in total. The Hall–Kier alpha value is -6.27. The molecule has 242 valence electrons. The minimum absolute atomic E-state index is 0.843. The van der Waals surface area contributed by atoms with Gasteiger partial charge in [0.25, 0.3) is 0 Å². The Balaban J connectivity index is 1.24. The highest BCUT2D eigenvalue weighted by Gasteiger charge is 2.34. The maximum Gasteiger partial charge on any atom is 0.172 e. The van der Waals surface area contributed by atoms with Crippen molar-refractivity contribution in [3.63, 3.8) is 0 Å². The van der Waals surface area contributed by atoms with E-state index in [1.54, 1.807) is 0 Å². The summed E-state index contributed by atoms with van der Waals surface area (Å²) in [4.78, 5) is 0. The third-order valence-electron chi connectivity index (χ3n) is 11.3. The largest absolute Gasteiger partial charge is 0.309 e. The first kappa shape index (κ1) is 29.5. The molecule has 11 rings (SSSR count). The van der Waals surface area contributed by atoms with Crippen LogP contribution in [0.15, 0.2) is 188 Å². The Bertz CT molecular complexity index is 2990. The summed E-state index contributed by atoms with van der Waals surface area (Å²) < 4.78 is 16.7. The highest BCUT2D eigenvalue weighted by molar-refractivity contribution is 7.86. The average Bonchev–Trinajstić information content (AvgIpc) is 3.22. The molecule has 0 heterocycles. The lowest BCUT2D eigenvalue weighted by molar-refractivity contribution is 0.593. The first-order valence-electron chi connectivity index (χ1n) is 17.9. The second-order valence-corrected chi connectivity index (χ2v) is 16.6. The maximum absolute atomic E-state index is 16.7. The molecule has 0 radical (unpaired) electrons. The zero-order valence-electron chi connectivity index (χ0n) is 28.3. The van der Waals surface area contributed by atoms with Crippen molar-refractivity contribution in [3.8, 4) is 22.3 Å². The van der Waals surface area contributed by atoms with Crippen LogP contribution in [0.5, 0.6) is 0 Å². The van der Waals surface area contributed by atoms with Crippen molar-refractivity contribution in [2.24, 2.45) is 0 Å². The number of hydrogen-bond donors (Lipinski definition) is 0. The molecule has 0 aliphatic carbocycles. The zero-order chi connectivity index (χ0) is 34.4. The van der Waals surface area contributed by atoms with E-state index in [9.17, 15) is 0 Å². The van der Waals surface area contributed by atoms with E-state index >= 15 is 4.57 Å². The fourth-order valence-corrected chi connectivity index (χ4v) is 11.9. The van der Waals surface area contributed by atoms with Crippen LogP contribution in [-0.2, 0) is 4.57 Å². The van der Waals surface area contributed by atoms with E-state index in [4.69, 9.17) is 0 Å². The first-order chi connectivity index (χ1) is 25.7. The van der Waals surface area contributed by atoms with Gasteiger partial charge in [0.05, 0.1) is 0 Å². The maximum atomic E-state index is 16.7. The van der Waals surface area contributed by atoms with Crippen molar-refractivity contribution in [2.75, 3.05) is 0 Å². The fourth-order valence-electron chi connectivity index (χ4n) is 8.91. The molecule has 52 heavy (non-hydrogen) atoms. The van der Waals surface area contributed by atoms with Crippen molar-refractivity contribution >= 4 is 87.7 Å². The zero-order valence-corrected chi connectivity index (χ0v) is 29.1. The molecule has 11 aromatic rings. The molecule has 0 unspecified atom stereocenters. The van der Waals surface area contributed by atoms with Gasteiger partial charge in [-0.2, -0.15) is 0 Å². The second-order valence-electron chi connectivity index (χ2n) is 13.9. The van der Waals surface area contributed by atoms with Gasteiger partial charge in [-0.3, -0.25) is 0 Å². The van der Waals surface area contributed by atoms with Gasteiger partial charge in [-0.15, -0.1) is 0 Å². The minimum atomic E-state index is -3.43. The lowest BCUT2D eigenvalue weighted by Crippen LogP contribution is -2.26. The summed E-state index contributed by atoms with van der Waals surface area (Å²) >= 11 is 0. The average molecular weight is 679 g/mol. The van der Waals surface area contributed by atoms with Gasteiger partial charge in [-0.1, -0.05) is 176 Å². The van der Waals surface area contributed by atoms with Gasteiger partial charge in [0.1, 0.15) is 0 Å². The summed E-state index contributed by atoms with van der Waals surface area (Å²) in [5.74, 6) is 0. The van der Waals surface area contributed by atoms with Gasteiger partial charge >= 0.3 is 0 Å². The van der Waals surface area contributed by atoms with Crippen LogP contribution < -0.4 is 15.9 Å². The van der Waals surface area contributed by atoms with E-state index in [-0.39, 0.29) is 0 Å². The summed E-state index contributed by atoms with van der Waals surface area (Å²) in [6.45, 7) is 0. The van der Waals surface area contributed by atoms with Crippen LogP contribution in [0, 0.1) is 0 Å². The molecule has 0 saturated carbocycles. The molecule has 0 N–H and O–H groups in total. The summed E-state index contributed by atoms with van der Waals surface area (Å²) in [5, 5.41) is 16.6. The summed E-state index contributed by atoms with van der Waals surface area (Å²) in [5.41, 5.74) is 4.81. The number of hydrogen-bond acceptors (Lipinski definition) is 1. The molecule has 11 aromatic carbocycles. The summed E-state index contributed by atoms with van der Waals surface area (Å²) in [6.07, 6.45) is 0. The molecule has 0 amide bonds. The molecule has 0 atom stereocenters. The van der Waals surface area contributed by atoms with E-state index in [0.717, 1.165) is 37.5 Å². The van der Waals surface area contributed by atoms with Gasteiger partial charge in [0, 0.05) is 15.9 Å². The van der Waals surface area contributed by atoms with Gasteiger partial charge < -0.3 is 4.57 Å². The summed E-state index contributed by atoms with van der Waals surface area (Å²) in [7, 11) is -3.43. The number of rotatable bonds is 5. The predicted molar refractivity (Wildman–Crippen MR) is 224 cm³/mol. The van der Waals surface area contributed by atoms with Crippen molar-refractivity contribution in [2.45, 2.75) is 0 Å². The predicted octanol–water partition coefficient (Wildman–Crippen LogP) is 12.5. The van der Waals surface area contributed by atoms with E-state index < -0.39 is 7.14 Å². The molecule has 0 aliphatic rings.